The Kier molecular flexibility index (Phi) is 13.1. The number of hydrogen-bond donors (Lipinski definition) is 1. The van der Waals surface area contributed by atoms with Gasteiger partial charge in [0.05, 0.1) is 14.2 Å². The first-order valence-electron chi connectivity index (χ1n) is 14.5. The standard InChI is InChI=1S/C33H40Cl2N2O7/c1-22(2)15-19-37-30(39)13-17-33(37,18-14-31(40)42-3)16-12-29(38)36-28(32(41)43-4)20-23-8-10-24(11-9-23)44-21-25-26(34)6-5-7-27(25)35/h5-11,15,28H,12-14,16-21H2,1-4H3,(H,36,38). The van der Waals surface area contributed by atoms with Crippen molar-refractivity contribution in [1.82, 2.24) is 10.2 Å². The summed E-state index contributed by atoms with van der Waals surface area (Å²) in [4.78, 5) is 52.4. The predicted molar refractivity (Wildman–Crippen MR) is 168 cm³/mol. The molecule has 3 rings (SSSR count). The number of ether oxygens (including phenoxy) is 3. The lowest BCUT2D eigenvalue weighted by molar-refractivity contribution is -0.145. The molecule has 9 nitrogen and oxygen atoms in total. The number of esters is 2. The Morgan fingerprint density at radius 3 is 2.27 bits per heavy atom. The molecule has 1 saturated heterocycles. The minimum atomic E-state index is -0.917. The van der Waals surface area contributed by atoms with Gasteiger partial charge in [0.15, 0.2) is 0 Å². The molecule has 1 aliphatic heterocycles. The van der Waals surface area contributed by atoms with Gasteiger partial charge >= 0.3 is 11.9 Å². The second-order valence-electron chi connectivity index (χ2n) is 11.1. The van der Waals surface area contributed by atoms with Crippen molar-refractivity contribution < 1.29 is 33.4 Å². The molecule has 44 heavy (non-hydrogen) atoms. The van der Waals surface area contributed by atoms with Crippen LogP contribution in [0.15, 0.2) is 54.1 Å². The number of likely N-dealkylation sites (tertiary alicyclic amines) is 1. The molecule has 0 spiro atoms. The van der Waals surface area contributed by atoms with Gasteiger partial charge in [-0.3, -0.25) is 14.4 Å². The fourth-order valence-corrected chi connectivity index (χ4v) is 5.76. The van der Waals surface area contributed by atoms with E-state index in [1.165, 1.54) is 14.2 Å². The Labute approximate surface area is 268 Å². The van der Waals surface area contributed by atoms with Crippen LogP contribution in [0.1, 0.15) is 63.5 Å². The minimum absolute atomic E-state index is 0.0115. The lowest BCUT2D eigenvalue weighted by Gasteiger charge is -2.38. The van der Waals surface area contributed by atoms with Crippen molar-refractivity contribution in [2.75, 3.05) is 20.8 Å². The van der Waals surface area contributed by atoms with Gasteiger partial charge in [0.2, 0.25) is 11.8 Å². The van der Waals surface area contributed by atoms with E-state index >= 15 is 0 Å². The van der Waals surface area contributed by atoms with Gasteiger partial charge in [-0.2, -0.15) is 0 Å². The Morgan fingerprint density at radius 1 is 1.00 bits per heavy atom. The number of nitrogens with one attached hydrogen (secondary N) is 1. The Morgan fingerprint density at radius 2 is 1.66 bits per heavy atom. The third-order valence-electron chi connectivity index (χ3n) is 7.83. The van der Waals surface area contributed by atoms with Crippen molar-refractivity contribution in [1.29, 1.82) is 0 Å². The maximum absolute atomic E-state index is 13.2. The Bertz CT molecular complexity index is 1340. The first kappa shape index (κ1) is 34.9. The van der Waals surface area contributed by atoms with Gasteiger partial charge < -0.3 is 24.4 Å². The number of amides is 2. The maximum Gasteiger partial charge on any atom is 0.328 e. The third-order valence-corrected chi connectivity index (χ3v) is 8.54. The molecule has 1 fully saturated rings. The van der Waals surface area contributed by atoms with Crippen molar-refractivity contribution in [3.8, 4) is 5.75 Å². The average Bonchev–Trinajstić information content (AvgIpc) is 3.32. The van der Waals surface area contributed by atoms with E-state index in [4.69, 9.17) is 37.4 Å². The highest BCUT2D eigenvalue weighted by molar-refractivity contribution is 6.35. The molecular formula is C33H40Cl2N2O7. The molecule has 0 saturated carbocycles. The van der Waals surface area contributed by atoms with Crippen molar-refractivity contribution in [2.24, 2.45) is 0 Å². The zero-order chi connectivity index (χ0) is 32.3. The number of methoxy groups -OCH3 is 2. The highest BCUT2D eigenvalue weighted by Crippen LogP contribution is 2.38. The second-order valence-corrected chi connectivity index (χ2v) is 11.9. The largest absolute Gasteiger partial charge is 0.489 e. The summed E-state index contributed by atoms with van der Waals surface area (Å²) in [5.74, 6) is -0.721. The van der Waals surface area contributed by atoms with Crippen LogP contribution < -0.4 is 10.1 Å². The van der Waals surface area contributed by atoms with Crippen molar-refractivity contribution in [3.63, 3.8) is 0 Å². The molecular weight excluding hydrogens is 607 g/mol. The molecule has 2 amide bonds. The van der Waals surface area contributed by atoms with Crippen LogP contribution in [0.2, 0.25) is 10.0 Å². The number of carbonyl (C=O) groups is 4. The summed E-state index contributed by atoms with van der Waals surface area (Å²) in [6.45, 7) is 4.50. The summed E-state index contributed by atoms with van der Waals surface area (Å²) in [6, 6.07) is 11.5. The first-order chi connectivity index (χ1) is 21.0. The van der Waals surface area contributed by atoms with Crippen LogP contribution >= 0.6 is 23.2 Å². The van der Waals surface area contributed by atoms with E-state index in [2.05, 4.69) is 5.32 Å². The average molecular weight is 648 g/mol. The number of hydrogen-bond acceptors (Lipinski definition) is 7. The molecule has 0 radical (unpaired) electrons. The molecule has 11 heteroatoms. The SMILES string of the molecule is COC(=O)CCC1(CCC(=O)NC(Cc2ccc(OCc3c(Cl)cccc3Cl)cc2)C(=O)OC)CCC(=O)N1CC=C(C)C. The fourth-order valence-electron chi connectivity index (χ4n) is 5.26. The lowest BCUT2D eigenvalue weighted by Crippen LogP contribution is -2.48. The molecule has 1 aliphatic rings. The van der Waals surface area contributed by atoms with Crippen LogP contribution in [0.4, 0.5) is 0 Å². The molecule has 0 aliphatic carbocycles. The van der Waals surface area contributed by atoms with E-state index < -0.39 is 17.6 Å². The van der Waals surface area contributed by atoms with E-state index in [0.29, 0.717) is 53.6 Å². The predicted octanol–water partition coefficient (Wildman–Crippen LogP) is 5.83. The summed E-state index contributed by atoms with van der Waals surface area (Å²) in [5.41, 5.74) is 1.87. The van der Waals surface area contributed by atoms with E-state index in [-0.39, 0.29) is 43.7 Å². The smallest absolute Gasteiger partial charge is 0.328 e. The number of rotatable bonds is 15. The quantitative estimate of drug-likeness (QED) is 0.191. The van der Waals surface area contributed by atoms with Crippen LogP contribution in [-0.4, -0.2) is 61.0 Å². The summed E-state index contributed by atoms with van der Waals surface area (Å²) < 4.78 is 15.6. The topological polar surface area (TPSA) is 111 Å². The van der Waals surface area contributed by atoms with Gasteiger partial charge in [0, 0.05) is 53.4 Å². The summed E-state index contributed by atoms with van der Waals surface area (Å²) >= 11 is 12.4. The van der Waals surface area contributed by atoms with E-state index in [0.717, 1.165) is 11.1 Å². The fraction of sp³-hybridized carbons (Fsp3) is 0.455. The Balaban J connectivity index is 1.65. The first-order valence-corrected chi connectivity index (χ1v) is 15.3. The number of benzene rings is 2. The zero-order valence-corrected chi connectivity index (χ0v) is 27.1. The van der Waals surface area contributed by atoms with Crippen LogP contribution in [0.5, 0.6) is 5.75 Å². The molecule has 238 valence electrons. The summed E-state index contributed by atoms with van der Waals surface area (Å²) in [7, 11) is 2.60. The maximum atomic E-state index is 13.2. The summed E-state index contributed by atoms with van der Waals surface area (Å²) in [5, 5.41) is 3.83. The number of carbonyl (C=O) groups excluding carboxylic acids is 4. The van der Waals surface area contributed by atoms with E-state index in [1.807, 2.05) is 19.9 Å². The minimum Gasteiger partial charge on any atom is -0.489 e. The lowest BCUT2D eigenvalue weighted by atomic mass is 9.85. The van der Waals surface area contributed by atoms with Gasteiger partial charge in [-0.25, -0.2) is 4.79 Å². The van der Waals surface area contributed by atoms with Gasteiger partial charge in [-0.15, -0.1) is 0 Å². The van der Waals surface area contributed by atoms with Gasteiger partial charge in [-0.05, 0) is 62.9 Å². The molecule has 2 unspecified atom stereocenters. The Hall–Kier alpha value is -3.56. The van der Waals surface area contributed by atoms with E-state index in [1.54, 1.807) is 47.4 Å². The van der Waals surface area contributed by atoms with Crippen LogP contribution in [-0.2, 0) is 41.7 Å². The highest BCUT2D eigenvalue weighted by Gasteiger charge is 2.44. The zero-order valence-electron chi connectivity index (χ0n) is 25.6. The normalized spacial score (nSPS) is 16.7. The van der Waals surface area contributed by atoms with Gasteiger partial charge in [-0.1, -0.05) is 53.1 Å². The molecule has 2 aromatic carbocycles. The molecule has 2 atom stereocenters. The van der Waals surface area contributed by atoms with Crippen LogP contribution in [0.25, 0.3) is 0 Å². The number of nitrogens with zero attached hydrogens (tertiary/aromatic N) is 1. The molecule has 1 heterocycles. The third kappa shape index (κ3) is 9.72. The molecule has 0 aromatic heterocycles. The van der Waals surface area contributed by atoms with Crippen LogP contribution in [0.3, 0.4) is 0 Å². The van der Waals surface area contributed by atoms with Gasteiger partial charge in [0.1, 0.15) is 18.4 Å². The molecule has 0 bridgehead atoms. The molecule has 2 aromatic rings. The van der Waals surface area contributed by atoms with Crippen molar-refractivity contribution in [3.05, 3.63) is 75.3 Å². The highest BCUT2D eigenvalue weighted by atomic mass is 35.5. The summed E-state index contributed by atoms with van der Waals surface area (Å²) in [6.07, 6.45) is 3.96. The number of halogens is 2. The monoisotopic (exact) mass is 646 g/mol. The number of allylic oxidation sites excluding steroid dienone is 1. The van der Waals surface area contributed by atoms with Crippen molar-refractivity contribution >= 4 is 47.0 Å². The van der Waals surface area contributed by atoms with Gasteiger partial charge in [0.25, 0.3) is 0 Å². The van der Waals surface area contributed by atoms with E-state index in [9.17, 15) is 19.2 Å². The second kappa shape index (κ2) is 16.5. The molecule has 1 N–H and O–H groups in total. The van der Waals surface area contributed by atoms with Crippen molar-refractivity contribution in [2.45, 2.75) is 77.0 Å². The van der Waals surface area contributed by atoms with Crippen LogP contribution in [0, 0.1) is 0 Å².